The third-order valence-corrected chi connectivity index (χ3v) is 2.36. The van der Waals surface area contributed by atoms with Gasteiger partial charge in [-0.2, -0.15) is 0 Å². The molecule has 0 unspecified atom stereocenters. The largest absolute Gasteiger partial charge is 4.00 e. The van der Waals surface area contributed by atoms with Gasteiger partial charge in [-0.05, 0) is 6.42 Å². The first-order valence-corrected chi connectivity index (χ1v) is 8.87. The van der Waals surface area contributed by atoms with Crippen molar-refractivity contribution in [2.75, 3.05) is 19.8 Å². The Kier molecular flexibility index (Phi) is 56.2. The van der Waals surface area contributed by atoms with Crippen molar-refractivity contribution in [3.8, 4) is 0 Å². The molecule has 25 heavy (non-hydrogen) atoms. The quantitative estimate of drug-likeness (QED) is 0.439. The molecular weight excluding hydrogens is 403 g/mol. The average Bonchev–Trinajstić information content (AvgIpc) is 2.51. The van der Waals surface area contributed by atoms with Gasteiger partial charge in [0.05, 0.1) is 0 Å². The first-order chi connectivity index (χ1) is 11.4. The van der Waals surface area contributed by atoms with Gasteiger partial charge in [-0.15, -0.1) is 19.8 Å². The Balaban J connectivity index is -0.0000000733. The van der Waals surface area contributed by atoms with Crippen molar-refractivity contribution in [1.29, 1.82) is 0 Å². The molecule has 0 saturated carbocycles. The molecule has 0 rings (SSSR count). The molecule has 148 valence electrons. The molecule has 0 fully saturated rings. The molecule has 0 aliphatic heterocycles. The number of carboxylic acids is 1. The number of aliphatic carboxylic acids is 1. The van der Waals surface area contributed by atoms with E-state index in [1.165, 1.54) is 0 Å². The van der Waals surface area contributed by atoms with Crippen LogP contribution in [0.25, 0.3) is 0 Å². The molecule has 0 atom stereocenters. The molecule has 7 heteroatoms. The zero-order chi connectivity index (χ0) is 19.6. The van der Waals surface area contributed by atoms with Crippen LogP contribution in [-0.2, 0) is 35.8 Å². The molecule has 0 bridgehead atoms. The fourth-order valence-electron chi connectivity index (χ4n) is 0.961. The van der Waals surface area contributed by atoms with Crippen molar-refractivity contribution in [3.05, 3.63) is 0 Å². The summed E-state index contributed by atoms with van der Waals surface area (Å²) in [6, 6.07) is 0. The molecule has 6 nitrogen and oxygen atoms in total. The van der Waals surface area contributed by atoms with Crippen molar-refractivity contribution in [2.24, 2.45) is 0 Å². The van der Waals surface area contributed by atoms with E-state index < -0.39 is 12.4 Å². The van der Waals surface area contributed by atoms with Crippen LogP contribution in [0.4, 0.5) is 0 Å². The van der Waals surface area contributed by atoms with Crippen LogP contribution in [-0.4, -0.2) is 31.6 Å². The fourth-order valence-corrected chi connectivity index (χ4v) is 0.961. The zero-order valence-corrected chi connectivity index (χ0v) is 18.9. The number of hydrogen-bond donors (Lipinski definition) is 0. The van der Waals surface area contributed by atoms with Gasteiger partial charge in [-0.3, -0.25) is 4.79 Å². The van der Waals surface area contributed by atoms with Gasteiger partial charge >= 0.3 is 26.2 Å². The summed E-state index contributed by atoms with van der Waals surface area (Å²) in [6.45, 7) is 8.14. The van der Waals surface area contributed by atoms with E-state index in [0.717, 1.165) is 38.5 Å². The van der Waals surface area contributed by atoms with E-state index >= 15 is 0 Å². The molecule has 0 aromatic heterocycles. The molecule has 0 N–H and O–H groups in total. The number of carbonyl (C=O) groups is 2. The van der Waals surface area contributed by atoms with E-state index in [2.05, 4.69) is 0 Å². The molecule has 0 heterocycles. The molecule has 0 aliphatic rings. The van der Waals surface area contributed by atoms with Crippen molar-refractivity contribution < 1.29 is 56.2 Å². The predicted octanol–water partition coefficient (Wildman–Crippen LogP) is -0.0665. The van der Waals surface area contributed by atoms with E-state index in [4.69, 9.17) is 0 Å². The summed E-state index contributed by atoms with van der Waals surface area (Å²) in [7, 11) is 0. The molecule has 0 aromatic rings. The van der Waals surface area contributed by atoms with E-state index in [0.29, 0.717) is 12.8 Å². The van der Waals surface area contributed by atoms with Gasteiger partial charge in [0.15, 0.2) is 0 Å². The van der Waals surface area contributed by atoms with Gasteiger partial charge in [-0.1, -0.05) is 66.2 Å². The Morgan fingerprint density at radius 1 is 0.680 bits per heavy atom. The van der Waals surface area contributed by atoms with Crippen molar-refractivity contribution in [3.63, 3.8) is 0 Å². The third-order valence-electron chi connectivity index (χ3n) is 2.36. The van der Waals surface area contributed by atoms with Crippen LogP contribution in [0.2, 0.25) is 0 Å². The van der Waals surface area contributed by atoms with Crippen LogP contribution in [0.3, 0.4) is 0 Å². The standard InChI is InChI=1S/C6H10O3.3C4H9O.Zr/c1-2-3-5(7)4-6(8)9;3*1-2-3-4-5;/h2-4H2,1H3,(H,8,9);3*2-4H2,1H3;/q;3*-1;+4/p-1. The maximum atomic E-state index is 10.4. The maximum absolute atomic E-state index is 10.4. The summed E-state index contributed by atoms with van der Waals surface area (Å²) in [5.41, 5.74) is 0. The van der Waals surface area contributed by atoms with E-state index in [9.17, 15) is 30.0 Å². The Morgan fingerprint density at radius 3 is 1.12 bits per heavy atom. The van der Waals surface area contributed by atoms with Gasteiger partial charge in [-0.25, -0.2) is 0 Å². The Bertz CT molecular complexity index is 217. The summed E-state index contributed by atoms with van der Waals surface area (Å²) in [4.78, 5) is 20.2. The second kappa shape index (κ2) is 39.1. The molecule has 0 amide bonds. The number of carbonyl (C=O) groups excluding carboxylic acids is 2. The molecule has 0 aromatic carbocycles. The Labute approximate surface area is 173 Å². The smallest absolute Gasteiger partial charge is 0.854 e. The molecular formula is C18H36O6Zr. The maximum Gasteiger partial charge on any atom is 4.00 e. The Hall–Kier alpha value is -0.0969. The summed E-state index contributed by atoms with van der Waals surface area (Å²) >= 11 is 0. The van der Waals surface area contributed by atoms with Crippen LogP contribution in [0.5, 0.6) is 0 Å². The fraction of sp³-hybridized carbons (Fsp3) is 0.889. The van der Waals surface area contributed by atoms with Crippen LogP contribution >= 0.6 is 0 Å². The number of unbranched alkanes of at least 4 members (excludes halogenated alkanes) is 3. The van der Waals surface area contributed by atoms with Crippen LogP contribution in [0.15, 0.2) is 0 Å². The van der Waals surface area contributed by atoms with Crippen molar-refractivity contribution >= 4 is 11.8 Å². The summed E-state index contributed by atoms with van der Waals surface area (Å²) in [6.07, 6.45) is 6.20. The van der Waals surface area contributed by atoms with E-state index in [1.54, 1.807) is 0 Å². The van der Waals surface area contributed by atoms with Gasteiger partial charge < -0.3 is 25.2 Å². The van der Waals surface area contributed by atoms with Crippen LogP contribution in [0.1, 0.15) is 85.5 Å². The monoisotopic (exact) mass is 438 g/mol. The van der Waals surface area contributed by atoms with Crippen LogP contribution in [0, 0.1) is 0 Å². The number of hydrogen-bond acceptors (Lipinski definition) is 6. The number of carboxylic acid groups (broad SMARTS) is 1. The van der Waals surface area contributed by atoms with Crippen molar-refractivity contribution in [2.45, 2.75) is 85.5 Å². The summed E-state index contributed by atoms with van der Waals surface area (Å²) in [5, 5.41) is 38.3. The van der Waals surface area contributed by atoms with Gasteiger partial charge in [0.2, 0.25) is 0 Å². The van der Waals surface area contributed by atoms with Gasteiger partial charge in [0.1, 0.15) is 5.78 Å². The second-order valence-electron chi connectivity index (χ2n) is 5.01. The number of ketones is 1. The minimum absolute atomic E-state index is 0. The zero-order valence-electron chi connectivity index (χ0n) is 16.4. The molecule has 0 saturated heterocycles. The average molecular weight is 440 g/mol. The second-order valence-corrected chi connectivity index (χ2v) is 5.01. The van der Waals surface area contributed by atoms with E-state index in [1.807, 2.05) is 27.7 Å². The molecule has 0 radical (unpaired) electrons. The summed E-state index contributed by atoms with van der Waals surface area (Å²) < 4.78 is 0. The summed E-state index contributed by atoms with van der Waals surface area (Å²) in [5.74, 6) is -1.54. The normalized spacial score (nSPS) is 8.28. The first-order valence-electron chi connectivity index (χ1n) is 8.87. The number of rotatable bonds is 10. The van der Waals surface area contributed by atoms with Gasteiger partial charge in [0, 0.05) is 18.8 Å². The first kappa shape index (κ1) is 35.9. The van der Waals surface area contributed by atoms with E-state index in [-0.39, 0.29) is 51.8 Å². The topological polar surface area (TPSA) is 126 Å². The predicted molar refractivity (Wildman–Crippen MR) is 88.9 cm³/mol. The minimum Gasteiger partial charge on any atom is -0.854 e. The van der Waals surface area contributed by atoms with Crippen molar-refractivity contribution in [1.82, 2.24) is 0 Å². The Morgan fingerprint density at radius 2 is 1.00 bits per heavy atom. The van der Waals surface area contributed by atoms with Gasteiger partial charge in [0.25, 0.3) is 0 Å². The third kappa shape index (κ3) is 68.9. The van der Waals surface area contributed by atoms with Crippen LogP contribution < -0.4 is 20.4 Å². The molecule has 0 aliphatic carbocycles. The minimum atomic E-state index is -1.28. The number of Topliss-reactive ketones (excluding diaryl/α,β-unsaturated/α-hetero) is 1. The SMILES string of the molecule is CCCC(=O)CC(=O)[O-].CCCC[O-].CCCC[O-].CCCC[O-].[Zr+4]. The molecule has 0 spiro atoms.